The van der Waals surface area contributed by atoms with Gasteiger partial charge in [-0.2, -0.15) is 10.1 Å². The van der Waals surface area contributed by atoms with Crippen molar-refractivity contribution in [3.8, 4) is 11.5 Å². The summed E-state index contributed by atoms with van der Waals surface area (Å²) in [6.07, 6.45) is 1.80. The number of carbonyl (C=O) groups excluding carboxylic acids is 1. The molecule has 0 N–H and O–H groups in total. The Balaban J connectivity index is 1.99. The van der Waals surface area contributed by atoms with E-state index >= 15 is 0 Å². The highest BCUT2D eigenvalue weighted by Gasteiger charge is 2.29. The number of ether oxygens (including phenoxy) is 2. The van der Waals surface area contributed by atoms with E-state index in [1.54, 1.807) is 13.2 Å². The summed E-state index contributed by atoms with van der Waals surface area (Å²) in [4.78, 5) is 12.8. The van der Waals surface area contributed by atoms with Crippen LogP contribution >= 0.6 is 0 Å². The van der Waals surface area contributed by atoms with E-state index in [1.165, 1.54) is 5.01 Å². The lowest BCUT2D eigenvalue weighted by atomic mass is 10.1. The first kappa shape index (κ1) is 16.8. The lowest BCUT2D eigenvalue weighted by Crippen LogP contribution is -2.21. The molecule has 3 rings (SSSR count). The Kier molecular flexibility index (Phi) is 4.84. The van der Waals surface area contributed by atoms with E-state index in [9.17, 15) is 4.79 Å². The second-order valence-electron chi connectivity index (χ2n) is 5.51. The van der Waals surface area contributed by atoms with Crippen LogP contribution in [0.25, 0.3) is 6.08 Å². The van der Waals surface area contributed by atoms with Gasteiger partial charge in [-0.1, -0.05) is 30.3 Å². The van der Waals surface area contributed by atoms with E-state index in [1.807, 2.05) is 62.4 Å². The van der Waals surface area contributed by atoms with Gasteiger partial charge in [-0.15, -0.1) is 0 Å². The van der Waals surface area contributed by atoms with Gasteiger partial charge in [-0.05, 0) is 38.1 Å². The summed E-state index contributed by atoms with van der Waals surface area (Å²) < 4.78 is 11.1. The molecule has 0 fully saturated rings. The molecule has 1 aliphatic heterocycles. The number of hydrogen-bond donors (Lipinski definition) is 0. The number of anilines is 1. The summed E-state index contributed by atoms with van der Waals surface area (Å²) >= 11 is 0. The Morgan fingerprint density at radius 2 is 1.88 bits per heavy atom. The highest BCUT2D eigenvalue weighted by molar-refractivity contribution is 6.32. The molecule has 0 radical (unpaired) electrons. The van der Waals surface area contributed by atoms with Gasteiger partial charge < -0.3 is 9.47 Å². The van der Waals surface area contributed by atoms with E-state index in [4.69, 9.17) is 9.47 Å². The Morgan fingerprint density at radius 3 is 2.56 bits per heavy atom. The Labute approximate surface area is 147 Å². The monoisotopic (exact) mass is 336 g/mol. The van der Waals surface area contributed by atoms with Crippen molar-refractivity contribution >= 4 is 23.4 Å². The first-order valence-electron chi connectivity index (χ1n) is 8.12. The van der Waals surface area contributed by atoms with E-state index in [0.29, 0.717) is 29.4 Å². The number of hydrazone groups is 1. The summed E-state index contributed by atoms with van der Waals surface area (Å²) in [6.45, 7) is 4.28. The second kappa shape index (κ2) is 7.21. The number of amides is 1. The smallest absolute Gasteiger partial charge is 0.280 e. The molecule has 2 aromatic carbocycles. The molecule has 0 aliphatic carbocycles. The molecule has 0 saturated carbocycles. The number of para-hydroxylation sites is 2. The molecule has 2 aromatic rings. The van der Waals surface area contributed by atoms with Gasteiger partial charge in [0.2, 0.25) is 0 Å². The van der Waals surface area contributed by atoms with Gasteiger partial charge in [-0.25, -0.2) is 0 Å². The fraction of sp³-hybridized carbons (Fsp3) is 0.200. The first-order valence-corrected chi connectivity index (χ1v) is 8.12. The van der Waals surface area contributed by atoms with E-state index in [2.05, 4.69) is 5.10 Å². The van der Waals surface area contributed by atoms with Crippen LogP contribution in [0.5, 0.6) is 11.5 Å². The number of nitrogens with zero attached hydrogens (tertiary/aromatic N) is 2. The van der Waals surface area contributed by atoms with Crippen LogP contribution in [0.4, 0.5) is 5.69 Å². The predicted octanol–water partition coefficient (Wildman–Crippen LogP) is 3.90. The normalized spacial score (nSPS) is 15.5. The van der Waals surface area contributed by atoms with Gasteiger partial charge in [0.05, 0.1) is 30.7 Å². The van der Waals surface area contributed by atoms with Crippen molar-refractivity contribution in [3.05, 3.63) is 59.7 Å². The molecular weight excluding hydrogens is 316 g/mol. The van der Waals surface area contributed by atoms with Crippen LogP contribution in [0, 0.1) is 0 Å². The predicted molar refractivity (Wildman–Crippen MR) is 99.2 cm³/mol. The van der Waals surface area contributed by atoms with Gasteiger partial charge in [0.25, 0.3) is 5.91 Å². The third-order valence-electron chi connectivity index (χ3n) is 3.88. The third kappa shape index (κ3) is 3.26. The van der Waals surface area contributed by atoms with Crippen molar-refractivity contribution in [2.45, 2.75) is 13.8 Å². The maximum absolute atomic E-state index is 12.8. The van der Waals surface area contributed by atoms with Gasteiger partial charge in [0, 0.05) is 5.56 Å². The Hall–Kier alpha value is -3.08. The zero-order valence-electron chi connectivity index (χ0n) is 14.5. The summed E-state index contributed by atoms with van der Waals surface area (Å²) in [7, 11) is 1.59. The lowest BCUT2D eigenvalue weighted by molar-refractivity contribution is -0.114. The maximum atomic E-state index is 12.8. The molecule has 5 heteroatoms. The van der Waals surface area contributed by atoms with Crippen molar-refractivity contribution in [1.82, 2.24) is 0 Å². The Morgan fingerprint density at radius 1 is 1.12 bits per heavy atom. The highest BCUT2D eigenvalue weighted by atomic mass is 16.5. The van der Waals surface area contributed by atoms with E-state index in [0.717, 1.165) is 11.3 Å². The molecule has 1 amide bonds. The average molecular weight is 336 g/mol. The molecule has 0 spiro atoms. The molecule has 1 aliphatic rings. The maximum Gasteiger partial charge on any atom is 0.280 e. The fourth-order valence-corrected chi connectivity index (χ4v) is 2.72. The summed E-state index contributed by atoms with van der Waals surface area (Å²) in [6, 6.07) is 15.0. The minimum absolute atomic E-state index is 0.160. The quantitative estimate of drug-likeness (QED) is 0.778. The standard InChI is InChI=1S/C20H20N2O3/c1-4-25-18-12-8-9-15(19(18)24-3)13-17-14(2)21-22(20(17)23)16-10-6-5-7-11-16/h5-13H,4H2,1-3H3/b17-13-. The molecule has 0 unspecified atom stereocenters. The zero-order chi connectivity index (χ0) is 17.8. The molecular formula is C20H20N2O3. The van der Waals surface area contributed by atoms with Crippen LogP contribution in [-0.4, -0.2) is 25.3 Å². The molecule has 5 nitrogen and oxygen atoms in total. The molecule has 0 saturated heterocycles. The third-order valence-corrected chi connectivity index (χ3v) is 3.88. The van der Waals surface area contributed by atoms with Crippen LogP contribution < -0.4 is 14.5 Å². The van der Waals surface area contributed by atoms with Crippen LogP contribution in [0.15, 0.2) is 59.2 Å². The summed E-state index contributed by atoms with van der Waals surface area (Å²) in [5.74, 6) is 1.10. The van der Waals surface area contributed by atoms with Gasteiger partial charge in [0.1, 0.15) is 0 Å². The zero-order valence-corrected chi connectivity index (χ0v) is 14.5. The van der Waals surface area contributed by atoms with Gasteiger partial charge >= 0.3 is 0 Å². The summed E-state index contributed by atoms with van der Waals surface area (Å²) in [5.41, 5.74) is 2.72. The minimum Gasteiger partial charge on any atom is -0.492 e. The molecule has 0 aromatic heterocycles. The molecule has 25 heavy (non-hydrogen) atoms. The second-order valence-corrected chi connectivity index (χ2v) is 5.51. The van der Waals surface area contributed by atoms with E-state index in [-0.39, 0.29) is 5.91 Å². The van der Waals surface area contributed by atoms with Gasteiger partial charge in [-0.3, -0.25) is 4.79 Å². The molecule has 0 atom stereocenters. The topological polar surface area (TPSA) is 51.1 Å². The largest absolute Gasteiger partial charge is 0.492 e. The average Bonchev–Trinajstić information content (AvgIpc) is 2.91. The highest BCUT2D eigenvalue weighted by Crippen LogP contribution is 2.34. The molecule has 128 valence electrons. The fourth-order valence-electron chi connectivity index (χ4n) is 2.72. The van der Waals surface area contributed by atoms with Crippen LogP contribution in [0.1, 0.15) is 19.4 Å². The number of rotatable bonds is 5. The van der Waals surface area contributed by atoms with Crippen molar-refractivity contribution in [2.75, 3.05) is 18.7 Å². The summed E-state index contributed by atoms with van der Waals surface area (Å²) in [5, 5.41) is 5.81. The lowest BCUT2D eigenvalue weighted by Gasteiger charge is -2.13. The van der Waals surface area contributed by atoms with Crippen molar-refractivity contribution < 1.29 is 14.3 Å². The Bertz CT molecular complexity index is 841. The first-order chi connectivity index (χ1) is 12.2. The van der Waals surface area contributed by atoms with Crippen molar-refractivity contribution in [2.24, 2.45) is 5.10 Å². The number of carbonyl (C=O) groups is 1. The van der Waals surface area contributed by atoms with E-state index < -0.39 is 0 Å². The number of hydrogen-bond acceptors (Lipinski definition) is 4. The van der Waals surface area contributed by atoms with Crippen LogP contribution in [0.2, 0.25) is 0 Å². The number of methoxy groups -OCH3 is 1. The van der Waals surface area contributed by atoms with Gasteiger partial charge in [0.15, 0.2) is 11.5 Å². The van der Waals surface area contributed by atoms with Crippen molar-refractivity contribution in [3.63, 3.8) is 0 Å². The minimum atomic E-state index is -0.160. The van der Waals surface area contributed by atoms with Crippen molar-refractivity contribution in [1.29, 1.82) is 0 Å². The van der Waals surface area contributed by atoms with Crippen LogP contribution in [-0.2, 0) is 4.79 Å². The SMILES string of the molecule is CCOc1cccc(/C=C2\C(=O)N(c3ccccc3)N=C2C)c1OC. The molecule has 1 heterocycles. The molecule has 0 bridgehead atoms. The van der Waals surface area contributed by atoms with Crippen LogP contribution in [0.3, 0.4) is 0 Å². The number of benzene rings is 2.